The van der Waals surface area contributed by atoms with Crippen molar-refractivity contribution in [3.05, 3.63) is 17.5 Å². The van der Waals surface area contributed by atoms with Crippen LogP contribution < -0.4 is 4.72 Å². The van der Waals surface area contributed by atoms with Crippen LogP contribution in [-0.4, -0.2) is 45.4 Å². The average Bonchev–Trinajstić information content (AvgIpc) is 2.70. The maximum absolute atomic E-state index is 11.9. The second-order valence-electron chi connectivity index (χ2n) is 4.19. The molecule has 1 heterocycles. The second kappa shape index (κ2) is 7.30. The number of sulfonamides is 1. The summed E-state index contributed by atoms with van der Waals surface area (Å²) in [7, 11) is -2.01. The number of aromatic nitrogens is 1. The molecule has 0 fully saturated rings. The van der Waals surface area contributed by atoms with Gasteiger partial charge < -0.3 is 14.5 Å². The molecule has 1 aromatic heterocycles. The van der Waals surface area contributed by atoms with Gasteiger partial charge in [-0.05, 0) is 20.3 Å². The fraction of sp³-hybridized carbons (Fsp3) is 0.583. The first-order valence-corrected chi connectivity index (χ1v) is 7.91. The highest BCUT2D eigenvalue weighted by atomic mass is 32.2. The fourth-order valence-corrected chi connectivity index (χ4v) is 2.78. The van der Waals surface area contributed by atoms with Crippen LogP contribution in [-0.2, 0) is 19.5 Å². The van der Waals surface area contributed by atoms with Crippen LogP contribution in [0.2, 0.25) is 0 Å². The largest absolute Gasteiger partial charge is 0.462 e. The lowest BCUT2D eigenvalue weighted by atomic mass is 10.2. The summed E-state index contributed by atoms with van der Waals surface area (Å²) in [5.74, 6) is -0.631. The lowest BCUT2D eigenvalue weighted by Crippen LogP contribution is -2.19. The van der Waals surface area contributed by atoms with Gasteiger partial charge in [-0.3, -0.25) is 4.72 Å². The molecule has 7 nitrogen and oxygen atoms in total. The van der Waals surface area contributed by atoms with Gasteiger partial charge in [0.25, 0.3) is 0 Å². The molecule has 0 radical (unpaired) electrons. The Labute approximate surface area is 118 Å². The first kappa shape index (κ1) is 16.5. The van der Waals surface area contributed by atoms with Crippen LogP contribution in [0.25, 0.3) is 0 Å². The molecule has 0 aliphatic rings. The van der Waals surface area contributed by atoms with E-state index in [-0.39, 0.29) is 23.6 Å². The molecule has 0 saturated carbocycles. The minimum Gasteiger partial charge on any atom is -0.462 e. The van der Waals surface area contributed by atoms with Gasteiger partial charge in [0.05, 0.1) is 18.0 Å². The molecular weight excluding hydrogens is 284 g/mol. The SMILES string of the molecule is CCOC(=O)c1c(NS(=O)(=O)CCCOC)c[nH]c1C. The summed E-state index contributed by atoms with van der Waals surface area (Å²) < 4.78 is 35.9. The number of aromatic amines is 1. The second-order valence-corrected chi connectivity index (χ2v) is 6.03. The number of esters is 1. The Balaban J connectivity index is 2.85. The number of ether oxygens (including phenoxy) is 2. The standard InChI is InChI=1S/C12H20N2O5S/c1-4-19-12(15)11-9(2)13-8-10(11)14-20(16,17)7-5-6-18-3/h8,13-14H,4-7H2,1-3H3. The lowest BCUT2D eigenvalue weighted by Gasteiger charge is -2.09. The van der Waals surface area contributed by atoms with Crippen molar-refractivity contribution in [2.45, 2.75) is 20.3 Å². The van der Waals surface area contributed by atoms with E-state index in [2.05, 4.69) is 9.71 Å². The number of hydrogen-bond acceptors (Lipinski definition) is 5. The summed E-state index contributed by atoms with van der Waals surface area (Å²) >= 11 is 0. The number of anilines is 1. The van der Waals surface area contributed by atoms with Gasteiger partial charge >= 0.3 is 5.97 Å². The number of hydrogen-bond donors (Lipinski definition) is 2. The molecule has 8 heteroatoms. The van der Waals surface area contributed by atoms with Gasteiger partial charge in [-0.15, -0.1) is 0 Å². The van der Waals surface area contributed by atoms with Gasteiger partial charge in [-0.2, -0.15) is 0 Å². The third-order valence-corrected chi connectivity index (χ3v) is 3.94. The number of methoxy groups -OCH3 is 1. The molecule has 0 aliphatic carbocycles. The van der Waals surface area contributed by atoms with Gasteiger partial charge in [0, 0.05) is 25.6 Å². The van der Waals surface area contributed by atoms with E-state index in [1.807, 2.05) is 0 Å². The van der Waals surface area contributed by atoms with E-state index in [1.54, 1.807) is 13.8 Å². The smallest absolute Gasteiger partial charge is 0.342 e. The van der Waals surface area contributed by atoms with Gasteiger partial charge in [0.15, 0.2) is 0 Å². The zero-order chi connectivity index (χ0) is 15.2. The van der Waals surface area contributed by atoms with Crippen molar-refractivity contribution in [3.63, 3.8) is 0 Å². The monoisotopic (exact) mass is 304 g/mol. The lowest BCUT2D eigenvalue weighted by molar-refractivity contribution is 0.0527. The topological polar surface area (TPSA) is 97.5 Å². The summed E-state index contributed by atoms with van der Waals surface area (Å²) in [5, 5.41) is 0. The Kier molecular flexibility index (Phi) is 6.03. The number of nitrogens with one attached hydrogen (secondary N) is 2. The zero-order valence-electron chi connectivity index (χ0n) is 11.9. The summed E-state index contributed by atoms with van der Waals surface area (Å²) in [6.07, 6.45) is 1.82. The van der Waals surface area contributed by atoms with E-state index < -0.39 is 16.0 Å². The van der Waals surface area contributed by atoms with Crippen molar-refractivity contribution < 1.29 is 22.7 Å². The molecule has 0 spiro atoms. The number of carbonyl (C=O) groups is 1. The van der Waals surface area contributed by atoms with Crippen molar-refractivity contribution in [1.29, 1.82) is 0 Å². The van der Waals surface area contributed by atoms with E-state index in [0.717, 1.165) is 0 Å². The molecule has 0 bridgehead atoms. The van der Waals surface area contributed by atoms with E-state index >= 15 is 0 Å². The third kappa shape index (κ3) is 4.53. The first-order valence-electron chi connectivity index (χ1n) is 6.25. The molecule has 0 amide bonds. The zero-order valence-corrected chi connectivity index (χ0v) is 12.7. The van der Waals surface area contributed by atoms with Crippen LogP contribution in [0.4, 0.5) is 5.69 Å². The third-order valence-electron chi connectivity index (χ3n) is 2.58. The number of carbonyl (C=O) groups excluding carboxylic acids is 1. The fourth-order valence-electron chi connectivity index (χ4n) is 1.69. The molecule has 2 N–H and O–H groups in total. The van der Waals surface area contributed by atoms with Crippen molar-refractivity contribution in [1.82, 2.24) is 4.98 Å². The normalized spacial score (nSPS) is 11.3. The molecule has 0 aromatic carbocycles. The van der Waals surface area contributed by atoms with E-state index in [1.165, 1.54) is 13.3 Å². The molecule has 1 rings (SSSR count). The molecule has 114 valence electrons. The summed E-state index contributed by atoms with van der Waals surface area (Å²) in [5.41, 5.74) is 0.971. The highest BCUT2D eigenvalue weighted by Crippen LogP contribution is 2.21. The van der Waals surface area contributed by atoms with E-state index in [0.29, 0.717) is 18.7 Å². The summed E-state index contributed by atoms with van der Waals surface area (Å²) in [4.78, 5) is 14.6. The maximum atomic E-state index is 11.9. The molecule has 0 unspecified atom stereocenters. The molecule has 0 atom stereocenters. The Morgan fingerprint density at radius 1 is 1.45 bits per heavy atom. The van der Waals surface area contributed by atoms with Gasteiger partial charge in [0.2, 0.25) is 10.0 Å². The van der Waals surface area contributed by atoms with E-state index in [9.17, 15) is 13.2 Å². The number of rotatable bonds is 8. The Bertz CT molecular complexity index is 550. The van der Waals surface area contributed by atoms with Crippen LogP contribution in [0.5, 0.6) is 0 Å². The molecule has 0 aliphatic heterocycles. The summed E-state index contributed by atoms with van der Waals surface area (Å²) in [6, 6.07) is 0. The Morgan fingerprint density at radius 3 is 2.75 bits per heavy atom. The van der Waals surface area contributed by atoms with Crippen molar-refractivity contribution in [3.8, 4) is 0 Å². The molecule has 1 aromatic rings. The predicted molar refractivity (Wildman–Crippen MR) is 75.4 cm³/mol. The van der Waals surface area contributed by atoms with Gasteiger partial charge in [-0.25, -0.2) is 13.2 Å². The van der Waals surface area contributed by atoms with Crippen LogP contribution in [0, 0.1) is 6.92 Å². The maximum Gasteiger partial charge on any atom is 0.342 e. The van der Waals surface area contributed by atoms with Gasteiger partial charge in [0.1, 0.15) is 5.56 Å². The van der Waals surface area contributed by atoms with Crippen molar-refractivity contribution >= 4 is 21.7 Å². The molecule has 0 saturated heterocycles. The first-order chi connectivity index (χ1) is 9.41. The quantitative estimate of drug-likeness (QED) is 0.557. The van der Waals surface area contributed by atoms with E-state index in [4.69, 9.17) is 9.47 Å². The number of H-pyrrole nitrogens is 1. The highest BCUT2D eigenvalue weighted by molar-refractivity contribution is 7.92. The predicted octanol–water partition coefficient (Wildman–Crippen LogP) is 1.28. The van der Waals surface area contributed by atoms with Gasteiger partial charge in [-0.1, -0.05) is 0 Å². The van der Waals surface area contributed by atoms with Crippen molar-refractivity contribution in [2.75, 3.05) is 30.8 Å². The van der Waals surface area contributed by atoms with Crippen LogP contribution in [0.1, 0.15) is 29.4 Å². The number of aryl methyl sites for hydroxylation is 1. The molecule has 20 heavy (non-hydrogen) atoms. The van der Waals surface area contributed by atoms with Crippen LogP contribution in [0.3, 0.4) is 0 Å². The Morgan fingerprint density at radius 2 is 2.15 bits per heavy atom. The van der Waals surface area contributed by atoms with Crippen molar-refractivity contribution in [2.24, 2.45) is 0 Å². The minimum atomic E-state index is -3.52. The molecular formula is C12H20N2O5S. The van der Waals surface area contributed by atoms with Crippen LogP contribution >= 0.6 is 0 Å². The highest BCUT2D eigenvalue weighted by Gasteiger charge is 2.21. The Hall–Kier alpha value is -1.54. The van der Waals surface area contributed by atoms with Crippen LogP contribution in [0.15, 0.2) is 6.20 Å². The minimum absolute atomic E-state index is 0.0761. The summed E-state index contributed by atoms with van der Waals surface area (Å²) in [6.45, 7) is 3.95. The average molecular weight is 304 g/mol.